The number of nitrogens with one attached hydrogen (secondary N) is 1. The van der Waals surface area contributed by atoms with Gasteiger partial charge in [-0.3, -0.25) is 4.79 Å². The first-order chi connectivity index (χ1) is 8.69. The Morgan fingerprint density at radius 3 is 3.11 bits per heavy atom. The fourth-order valence-electron chi connectivity index (χ4n) is 1.38. The molecule has 18 heavy (non-hydrogen) atoms. The molecule has 0 fully saturated rings. The molecule has 4 nitrogen and oxygen atoms in total. The normalized spacial score (nSPS) is 11.5. The van der Waals surface area contributed by atoms with Crippen LogP contribution >= 0.6 is 11.3 Å². The third kappa shape index (κ3) is 4.49. The van der Waals surface area contributed by atoms with Crippen LogP contribution in [-0.4, -0.2) is 37.4 Å². The van der Waals surface area contributed by atoms with Gasteiger partial charge in [-0.05, 0) is 18.4 Å². The van der Waals surface area contributed by atoms with Crippen LogP contribution in [0.4, 0.5) is 0 Å². The minimum Gasteiger partial charge on any atom is -0.395 e. The zero-order chi connectivity index (χ0) is 13.4. The van der Waals surface area contributed by atoms with E-state index in [0.29, 0.717) is 23.5 Å². The van der Waals surface area contributed by atoms with E-state index in [9.17, 15) is 4.79 Å². The topological polar surface area (TPSA) is 58.6 Å². The molecule has 1 heterocycles. The molecule has 0 saturated carbocycles. The number of carbonyl (C=O) groups is 1. The van der Waals surface area contributed by atoms with Crippen LogP contribution < -0.4 is 5.32 Å². The van der Waals surface area contributed by atoms with Crippen LogP contribution in [0.2, 0.25) is 0 Å². The molecule has 0 saturated heterocycles. The second kappa shape index (κ2) is 7.88. The van der Waals surface area contributed by atoms with Crippen LogP contribution in [0.3, 0.4) is 0 Å². The van der Waals surface area contributed by atoms with Crippen LogP contribution in [0.1, 0.15) is 28.6 Å². The summed E-state index contributed by atoms with van der Waals surface area (Å²) < 4.78 is 4.96. The summed E-state index contributed by atoms with van der Waals surface area (Å²) in [6.07, 6.45) is 0.414. The lowest BCUT2D eigenvalue weighted by Gasteiger charge is -2.11. The molecule has 0 bridgehead atoms. The maximum atomic E-state index is 12.0. The molecule has 1 rings (SSSR count). The van der Waals surface area contributed by atoms with Gasteiger partial charge in [-0.15, -0.1) is 11.3 Å². The molecule has 0 aliphatic heterocycles. The van der Waals surface area contributed by atoms with Crippen molar-refractivity contribution in [3.8, 4) is 11.8 Å². The zero-order valence-corrected chi connectivity index (χ0v) is 11.3. The highest BCUT2D eigenvalue weighted by atomic mass is 32.1. The molecule has 2 N–H and O–H groups in total. The zero-order valence-electron chi connectivity index (χ0n) is 10.5. The molecule has 5 heteroatoms. The molecule has 98 valence electrons. The third-order valence-electron chi connectivity index (χ3n) is 2.13. The Hall–Kier alpha value is -1.35. The number of aliphatic hydroxyl groups excluding tert-OH is 1. The Balaban J connectivity index is 2.69. The molecule has 0 spiro atoms. The number of methoxy groups -OCH3 is 1. The predicted molar refractivity (Wildman–Crippen MR) is 71.7 cm³/mol. The average molecular weight is 267 g/mol. The van der Waals surface area contributed by atoms with Crippen LogP contribution in [0, 0.1) is 11.8 Å². The molecule has 1 amide bonds. The van der Waals surface area contributed by atoms with E-state index in [0.717, 1.165) is 0 Å². The molecule has 1 aromatic rings. The van der Waals surface area contributed by atoms with Crippen molar-refractivity contribution in [2.24, 2.45) is 0 Å². The van der Waals surface area contributed by atoms with Crippen molar-refractivity contribution in [2.45, 2.75) is 19.4 Å². The Morgan fingerprint density at radius 2 is 2.44 bits per heavy atom. The number of aliphatic hydroxyl groups is 1. The van der Waals surface area contributed by atoms with Crippen LogP contribution in [0.25, 0.3) is 0 Å². The van der Waals surface area contributed by atoms with Gasteiger partial charge in [0.25, 0.3) is 5.91 Å². The first-order valence-electron chi connectivity index (χ1n) is 5.66. The molecule has 1 aromatic heterocycles. The summed E-state index contributed by atoms with van der Waals surface area (Å²) in [7, 11) is 1.60. The Labute approximate surface area is 111 Å². The van der Waals surface area contributed by atoms with Gasteiger partial charge in [-0.25, -0.2) is 0 Å². The summed E-state index contributed by atoms with van der Waals surface area (Å²) in [6.45, 7) is 2.39. The van der Waals surface area contributed by atoms with Crippen molar-refractivity contribution in [1.29, 1.82) is 0 Å². The van der Waals surface area contributed by atoms with Gasteiger partial charge in [-0.2, -0.15) is 0 Å². The summed E-state index contributed by atoms with van der Waals surface area (Å²) in [4.78, 5) is 12.6. The first kappa shape index (κ1) is 14.7. The molecule has 0 aliphatic rings. The van der Waals surface area contributed by atoms with E-state index in [1.165, 1.54) is 11.3 Å². The van der Waals surface area contributed by atoms with Crippen LogP contribution in [0.5, 0.6) is 0 Å². The Bertz CT molecular complexity index is 445. The van der Waals surface area contributed by atoms with Crippen molar-refractivity contribution in [2.75, 3.05) is 20.3 Å². The van der Waals surface area contributed by atoms with E-state index in [1.54, 1.807) is 7.11 Å². The minimum absolute atomic E-state index is 0.0313. The van der Waals surface area contributed by atoms with Crippen molar-refractivity contribution in [3.05, 3.63) is 21.9 Å². The van der Waals surface area contributed by atoms with E-state index in [2.05, 4.69) is 17.2 Å². The summed E-state index contributed by atoms with van der Waals surface area (Å²) in [5, 5.41) is 13.3. The lowest BCUT2D eigenvalue weighted by atomic mass is 10.2. The van der Waals surface area contributed by atoms with Gasteiger partial charge in [0.15, 0.2) is 0 Å². The maximum absolute atomic E-state index is 12.0. The van der Waals surface area contributed by atoms with Gasteiger partial charge in [0.05, 0.1) is 13.2 Å². The van der Waals surface area contributed by atoms with Crippen LogP contribution in [0.15, 0.2) is 11.4 Å². The summed E-state index contributed by atoms with van der Waals surface area (Å²) >= 11 is 1.36. The molecular formula is C13H17NO3S. The Kier molecular flexibility index (Phi) is 6.44. The summed E-state index contributed by atoms with van der Waals surface area (Å²) in [5.41, 5.74) is 0.704. The average Bonchev–Trinajstić information content (AvgIpc) is 2.78. The molecule has 0 aliphatic carbocycles. The van der Waals surface area contributed by atoms with Gasteiger partial charge in [-0.1, -0.05) is 11.8 Å². The van der Waals surface area contributed by atoms with Gasteiger partial charge >= 0.3 is 0 Å². The highest BCUT2D eigenvalue weighted by Gasteiger charge is 2.14. The minimum atomic E-state index is -0.136. The second-order valence-corrected chi connectivity index (χ2v) is 4.68. The van der Waals surface area contributed by atoms with E-state index in [4.69, 9.17) is 9.84 Å². The number of amides is 1. The number of thiophene rings is 1. The van der Waals surface area contributed by atoms with Crippen molar-refractivity contribution in [3.63, 3.8) is 0 Å². The smallest absolute Gasteiger partial charge is 0.262 e. The highest BCUT2D eigenvalue weighted by Crippen LogP contribution is 2.15. The lowest BCUT2D eigenvalue weighted by Crippen LogP contribution is -2.35. The number of hydrogen-bond donors (Lipinski definition) is 2. The lowest BCUT2D eigenvalue weighted by molar-refractivity contribution is 0.0909. The van der Waals surface area contributed by atoms with Gasteiger partial charge in [0.2, 0.25) is 0 Å². The molecule has 1 unspecified atom stereocenters. The quantitative estimate of drug-likeness (QED) is 0.789. The van der Waals surface area contributed by atoms with Crippen molar-refractivity contribution < 1.29 is 14.6 Å². The predicted octanol–water partition coefficient (Wildman–Crippen LogP) is 1.25. The monoisotopic (exact) mass is 267 g/mol. The fourth-order valence-corrected chi connectivity index (χ4v) is 2.13. The van der Waals surface area contributed by atoms with Gasteiger partial charge in [0, 0.05) is 25.1 Å². The third-order valence-corrected chi connectivity index (χ3v) is 3.04. The van der Waals surface area contributed by atoms with E-state index in [1.807, 2.05) is 18.4 Å². The maximum Gasteiger partial charge on any atom is 0.262 e. The van der Waals surface area contributed by atoms with Crippen molar-refractivity contribution >= 4 is 17.2 Å². The second-order valence-electron chi connectivity index (χ2n) is 3.77. The van der Waals surface area contributed by atoms with Gasteiger partial charge in [0.1, 0.15) is 4.88 Å². The number of rotatable bonds is 5. The fraction of sp³-hybridized carbons (Fsp3) is 0.462. The van der Waals surface area contributed by atoms with E-state index >= 15 is 0 Å². The molecule has 1 atom stereocenters. The summed E-state index contributed by atoms with van der Waals surface area (Å²) in [5.74, 6) is 5.57. The number of hydrogen-bond acceptors (Lipinski definition) is 4. The van der Waals surface area contributed by atoms with Crippen molar-refractivity contribution in [1.82, 2.24) is 5.32 Å². The SMILES string of the molecule is COCC(C)NC(=O)c1sccc1C#CCCO. The first-order valence-corrected chi connectivity index (χ1v) is 6.54. The van der Waals surface area contributed by atoms with Gasteiger partial charge < -0.3 is 15.2 Å². The molecule has 0 radical (unpaired) electrons. The molecule has 0 aromatic carbocycles. The molecular weight excluding hydrogens is 250 g/mol. The highest BCUT2D eigenvalue weighted by molar-refractivity contribution is 7.12. The standard InChI is InChI=1S/C13H17NO3S/c1-10(9-17-2)14-13(16)12-11(6-8-18-12)5-3-4-7-15/h6,8,10,15H,4,7,9H2,1-2H3,(H,14,16). The summed E-state index contributed by atoms with van der Waals surface area (Å²) in [6, 6.07) is 1.77. The largest absolute Gasteiger partial charge is 0.395 e. The number of carbonyl (C=O) groups excluding carboxylic acids is 1. The Morgan fingerprint density at radius 1 is 1.67 bits per heavy atom. The van der Waals surface area contributed by atoms with E-state index < -0.39 is 0 Å². The number of ether oxygens (including phenoxy) is 1. The van der Waals surface area contributed by atoms with Crippen LogP contribution in [-0.2, 0) is 4.74 Å². The van der Waals surface area contributed by atoms with E-state index in [-0.39, 0.29) is 18.6 Å².